The molecule has 138 valence electrons. The molecule has 0 aromatic carbocycles. The van der Waals surface area contributed by atoms with Crippen molar-refractivity contribution in [1.29, 1.82) is 0 Å². The summed E-state index contributed by atoms with van der Waals surface area (Å²) in [6.07, 6.45) is 4.80. The van der Waals surface area contributed by atoms with E-state index in [1.165, 1.54) is 12.8 Å². The second-order valence-electron chi connectivity index (χ2n) is 6.04. The fraction of sp³-hybridized carbons (Fsp3) is 0.611. The number of nitrogens with zero attached hydrogens (tertiary/aromatic N) is 3. The molecule has 7 nitrogen and oxygen atoms in total. The number of piperazine rings is 1. The molecule has 2 amide bonds. The topological polar surface area (TPSA) is 74.8 Å². The van der Waals surface area contributed by atoms with Crippen molar-refractivity contribution in [2.45, 2.75) is 33.1 Å². The highest BCUT2D eigenvalue weighted by Crippen LogP contribution is 2.11. The molecule has 1 aliphatic rings. The minimum Gasteiger partial charge on any atom is -0.450 e. The van der Waals surface area contributed by atoms with Crippen molar-refractivity contribution < 1.29 is 14.3 Å². The minimum absolute atomic E-state index is 0.0476. The molecule has 0 atom stereocenters. The fourth-order valence-electron chi connectivity index (χ4n) is 2.71. The average Bonchev–Trinajstić information content (AvgIpc) is 2.65. The van der Waals surface area contributed by atoms with Crippen LogP contribution in [0, 0.1) is 0 Å². The van der Waals surface area contributed by atoms with Crippen LogP contribution < -0.4 is 5.32 Å². The van der Waals surface area contributed by atoms with E-state index in [4.69, 9.17) is 4.74 Å². The van der Waals surface area contributed by atoms with Crippen LogP contribution in [0.1, 0.15) is 43.5 Å². The molecule has 2 heterocycles. The van der Waals surface area contributed by atoms with Crippen LogP contribution in [0.15, 0.2) is 18.3 Å². The summed E-state index contributed by atoms with van der Waals surface area (Å²) in [6.45, 7) is 7.22. The number of rotatable bonds is 7. The van der Waals surface area contributed by atoms with Crippen LogP contribution in [0.3, 0.4) is 0 Å². The molecule has 1 aromatic rings. The van der Waals surface area contributed by atoms with Crippen molar-refractivity contribution in [1.82, 2.24) is 14.8 Å². The zero-order valence-corrected chi connectivity index (χ0v) is 15.2. The third-order valence-electron chi connectivity index (χ3n) is 4.19. The summed E-state index contributed by atoms with van der Waals surface area (Å²) in [5.41, 5.74) is 0.573. The zero-order valence-electron chi connectivity index (χ0n) is 15.2. The molecule has 0 bridgehead atoms. The lowest BCUT2D eigenvalue weighted by Gasteiger charge is -2.34. The van der Waals surface area contributed by atoms with Crippen LogP contribution in [0.25, 0.3) is 0 Å². The lowest BCUT2D eigenvalue weighted by molar-refractivity contribution is 0.0570. The number of carbonyl (C=O) groups excluding carboxylic acids is 2. The lowest BCUT2D eigenvalue weighted by atomic mass is 10.2. The molecule has 0 saturated carbocycles. The molecule has 1 saturated heterocycles. The molecule has 2 rings (SSSR count). The standard InChI is InChI=1S/C18H28N4O3/c1-3-5-6-9-19-16-8-7-15(14-20-16)17(23)21-10-12-22(13-11-21)18(24)25-4-2/h7-8,14H,3-6,9-13H2,1-2H3,(H,19,20). The van der Waals surface area contributed by atoms with Crippen LogP contribution in [0.5, 0.6) is 0 Å². The molecule has 0 unspecified atom stereocenters. The number of unbranched alkanes of at least 4 members (excludes halogenated alkanes) is 2. The Morgan fingerprint density at radius 1 is 1.12 bits per heavy atom. The Balaban J connectivity index is 1.82. The largest absolute Gasteiger partial charge is 0.450 e. The number of ether oxygens (including phenoxy) is 1. The highest BCUT2D eigenvalue weighted by Gasteiger charge is 2.25. The van der Waals surface area contributed by atoms with E-state index in [0.29, 0.717) is 38.3 Å². The molecule has 1 fully saturated rings. The first-order chi connectivity index (χ1) is 12.2. The van der Waals surface area contributed by atoms with Gasteiger partial charge in [0.2, 0.25) is 0 Å². The van der Waals surface area contributed by atoms with Crippen LogP contribution >= 0.6 is 0 Å². The summed E-state index contributed by atoms with van der Waals surface area (Å²) in [5.74, 6) is 0.744. The van der Waals surface area contributed by atoms with E-state index in [1.54, 1.807) is 29.0 Å². The lowest BCUT2D eigenvalue weighted by Crippen LogP contribution is -2.50. The zero-order chi connectivity index (χ0) is 18.1. The summed E-state index contributed by atoms with van der Waals surface area (Å²) >= 11 is 0. The predicted octanol–water partition coefficient (Wildman–Crippen LogP) is 2.60. The van der Waals surface area contributed by atoms with Crippen molar-refractivity contribution in [2.24, 2.45) is 0 Å². The Morgan fingerprint density at radius 3 is 2.44 bits per heavy atom. The minimum atomic E-state index is -0.310. The van der Waals surface area contributed by atoms with E-state index in [9.17, 15) is 9.59 Å². The Bertz CT molecular complexity index is 554. The average molecular weight is 348 g/mol. The van der Waals surface area contributed by atoms with Crippen LogP contribution in [0.2, 0.25) is 0 Å². The third kappa shape index (κ3) is 5.62. The molecule has 25 heavy (non-hydrogen) atoms. The molecule has 1 N–H and O–H groups in total. The van der Waals surface area contributed by atoms with Gasteiger partial charge in [-0.1, -0.05) is 19.8 Å². The Morgan fingerprint density at radius 2 is 1.84 bits per heavy atom. The Hall–Kier alpha value is -2.31. The van der Waals surface area contributed by atoms with Gasteiger partial charge in [-0.2, -0.15) is 0 Å². The molecule has 0 spiro atoms. The van der Waals surface area contributed by atoms with Gasteiger partial charge in [0.25, 0.3) is 5.91 Å². The Labute approximate surface area is 149 Å². The number of nitrogens with one attached hydrogen (secondary N) is 1. The third-order valence-corrected chi connectivity index (χ3v) is 4.19. The van der Waals surface area contributed by atoms with Crippen molar-refractivity contribution in [3.63, 3.8) is 0 Å². The molecule has 0 aliphatic carbocycles. The molecule has 0 radical (unpaired) electrons. The number of pyridine rings is 1. The molecule has 1 aliphatic heterocycles. The van der Waals surface area contributed by atoms with Gasteiger partial charge < -0.3 is 19.9 Å². The smallest absolute Gasteiger partial charge is 0.409 e. The van der Waals surface area contributed by atoms with Gasteiger partial charge >= 0.3 is 6.09 Å². The second kappa shape index (κ2) is 9.86. The van der Waals surface area contributed by atoms with Gasteiger partial charge in [-0.25, -0.2) is 9.78 Å². The second-order valence-corrected chi connectivity index (χ2v) is 6.04. The number of hydrogen-bond donors (Lipinski definition) is 1. The first kappa shape index (κ1) is 19.0. The van der Waals surface area contributed by atoms with E-state index in [-0.39, 0.29) is 12.0 Å². The quantitative estimate of drug-likeness (QED) is 0.767. The Kier molecular flexibility index (Phi) is 7.50. The molecule has 1 aromatic heterocycles. The van der Waals surface area contributed by atoms with Gasteiger partial charge in [0, 0.05) is 38.9 Å². The number of amides is 2. The predicted molar refractivity (Wildman–Crippen MR) is 96.8 cm³/mol. The van der Waals surface area contributed by atoms with Crippen molar-refractivity contribution in [3.8, 4) is 0 Å². The van der Waals surface area contributed by atoms with Crippen molar-refractivity contribution in [2.75, 3.05) is 44.6 Å². The number of carbonyl (C=O) groups is 2. The molecule has 7 heteroatoms. The molecular formula is C18H28N4O3. The summed E-state index contributed by atoms with van der Waals surface area (Å²) in [4.78, 5) is 31.9. The fourth-order valence-corrected chi connectivity index (χ4v) is 2.71. The van der Waals surface area contributed by atoms with Gasteiger partial charge in [0.05, 0.1) is 12.2 Å². The monoisotopic (exact) mass is 348 g/mol. The maximum absolute atomic E-state index is 12.5. The van der Waals surface area contributed by atoms with E-state index < -0.39 is 0 Å². The summed E-state index contributed by atoms with van der Waals surface area (Å²) in [5, 5.41) is 3.26. The van der Waals surface area contributed by atoms with Crippen LogP contribution in [0.4, 0.5) is 10.6 Å². The normalized spacial score (nSPS) is 14.3. The molecular weight excluding hydrogens is 320 g/mol. The maximum atomic E-state index is 12.5. The van der Waals surface area contributed by atoms with Crippen LogP contribution in [-0.2, 0) is 4.74 Å². The van der Waals surface area contributed by atoms with E-state index in [0.717, 1.165) is 18.8 Å². The first-order valence-corrected chi connectivity index (χ1v) is 9.06. The first-order valence-electron chi connectivity index (χ1n) is 9.06. The summed E-state index contributed by atoms with van der Waals surface area (Å²) < 4.78 is 4.99. The highest BCUT2D eigenvalue weighted by molar-refractivity contribution is 5.94. The van der Waals surface area contributed by atoms with Gasteiger partial charge in [-0.15, -0.1) is 0 Å². The number of aromatic nitrogens is 1. The summed E-state index contributed by atoms with van der Waals surface area (Å²) in [6, 6.07) is 3.64. The van der Waals surface area contributed by atoms with Gasteiger partial charge in [-0.05, 0) is 25.5 Å². The van der Waals surface area contributed by atoms with Crippen molar-refractivity contribution in [3.05, 3.63) is 23.9 Å². The number of anilines is 1. The van der Waals surface area contributed by atoms with Crippen molar-refractivity contribution >= 4 is 17.8 Å². The van der Waals surface area contributed by atoms with Crippen LogP contribution in [-0.4, -0.2) is 66.1 Å². The van der Waals surface area contributed by atoms with Gasteiger partial charge in [0.15, 0.2) is 0 Å². The SMILES string of the molecule is CCCCCNc1ccc(C(=O)N2CCN(C(=O)OCC)CC2)cn1. The summed E-state index contributed by atoms with van der Waals surface area (Å²) in [7, 11) is 0. The van der Waals surface area contributed by atoms with Gasteiger partial charge in [0.1, 0.15) is 5.82 Å². The van der Waals surface area contributed by atoms with E-state index in [1.807, 2.05) is 6.07 Å². The van der Waals surface area contributed by atoms with E-state index in [2.05, 4.69) is 17.2 Å². The highest BCUT2D eigenvalue weighted by atomic mass is 16.6. The van der Waals surface area contributed by atoms with Gasteiger partial charge in [-0.3, -0.25) is 4.79 Å². The number of hydrogen-bond acceptors (Lipinski definition) is 5. The van der Waals surface area contributed by atoms with E-state index >= 15 is 0 Å². The maximum Gasteiger partial charge on any atom is 0.409 e.